The molecule has 3 aromatic carbocycles. The van der Waals surface area contributed by atoms with Gasteiger partial charge in [-0.05, 0) is 60.7 Å². The first-order valence-corrected chi connectivity index (χ1v) is 10.4. The number of piperidine rings is 1. The largest absolute Gasteiger partial charge is 0.339 e. The van der Waals surface area contributed by atoms with E-state index >= 15 is 0 Å². The van der Waals surface area contributed by atoms with Crippen LogP contribution in [0.1, 0.15) is 29.0 Å². The summed E-state index contributed by atoms with van der Waals surface area (Å²) in [7, 11) is 0. The van der Waals surface area contributed by atoms with Crippen LogP contribution in [0.15, 0.2) is 66.7 Å². The molecule has 1 saturated heterocycles. The maximum atomic E-state index is 13.0. The molecule has 4 nitrogen and oxygen atoms in total. The quantitative estimate of drug-likeness (QED) is 0.496. The van der Waals surface area contributed by atoms with Crippen LogP contribution in [0, 0.1) is 12.8 Å². The van der Waals surface area contributed by atoms with Gasteiger partial charge in [0.05, 0.1) is 11.0 Å². The van der Waals surface area contributed by atoms with Crippen LogP contribution in [-0.2, 0) is 6.54 Å². The lowest BCUT2D eigenvalue weighted by atomic mass is 9.95. The van der Waals surface area contributed by atoms with Crippen molar-refractivity contribution in [3.8, 4) is 0 Å². The molecule has 0 saturated carbocycles. The van der Waals surface area contributed by atoms with E-state index in [0.717, 1.165) is 54.8 Å². The lowest BCUT2D eigenvalue weighted by Gasteiger charge is -2.32. The molecule has 1 aliphatic heterocycles. The van der Waals surface area contributed by atoms with Crippen LogP contribution in [0.5, 0.6) is 0 Å². The number of likely N-dealkylation sites (tertiary alicyclic amines) is 1. The molecule has 0 spiro atoms. The standard InChI is InChI=1S/C25H25N3O/c1-18-26-23-8-4-5-9-24(23)28(18)17-19-12-14-27(15-13-19)25(29)22-11-10-20-6-2-3-7-21(20)16-22/h2-11,16,19H,12-15,17H2,1H3. The molecule has 0 bridgehead atoms. The topological polar surface area (TPSA) is 38.1 Å². The minimum atomic E-state index is 0.151. The van der Waals surface area contributed by atoms with Crippen molar-refractivity contribution in [2.75, 3.05) is 13.1 Å². The summed E-state index contributed by atoms with van der Waals surface area (Å²) in [6, 6.07) is 22.5. The molecule has 0 N–H and O–H groups in total. The Labute approximate surface area is 170 Å². The van der Waals surface area contributed by atoms with Gasteiger partial charge >= 0.3 is 0 Å². The lowest BCUT2D eigenvalue weighted by molar-refractivity contribution is 0.0683. The highest BCUT2D eigenvalue weighted by atomic mass is 16.2. The van der Waals surface area contributed by atoms with Gasteiger partial charge in [0.25, 0.3) is 5.91 Å². The van der Waals surface area contributed by atoms with Crippen LogP contribution in [0.2, 0.25) is 0 Å². The van der Waals surface area contributed by atoms with Crippen molar-refractivity contribution >= 4 is 27.7 Å². The molecule has 1 amide bonds. The van der Waals surface area contributed by atoms with E-state index in [9.17, 15) is 4.79 Å². The Hall–Kier alpha value is -3.14. The SMILES string of the molecule is Cc1nc2ccccc2n1CC1CCN(C(=O)c2ccc3ccccc3c2)CC1. The summed E-state index contributed by atoms with van der Waals surface area (Å²) in [6.45, 7) is 4.70. The van der Waals surface area contributed by atoms with E-state index in [4.69, 9.17) is 0 Å². The molecule has 4 heteroatoms. The number of benzene rings is 3. The number of rotatable bonds is 3. The normalized spacial score (nSPS) is 15.3. The smallest absolute Gasteiger partial charge is 0.253 e. The Bertz CT molecular complexity index is 1190. The number of carbonyl (C=O) groups excluding carboxylic acids is 1. The molecule has 146 valence electrons. The van der Waals surface area contributed by atoms with Crippen molar-refractivity contribution in [3.63, 3.8) is 0 Å². The fourth-order valence-corrected chi connectivity index (χ4v) is 4.51. The van der Waals surface area contributed by atoms with Crippen LogP contribution in [-0.4, -0.2) is 33.4 Å². The molecular weight excluding hydrogens is 358 g/mol. The van der Waals surface area contributed by atoms with E-state index in [1.165, 1.54) is 10.9 Å². The summed E-state index contributed by atoms with van der Waals surface area (Å²) in [6.07, 6.45) is 2.07. The average Bonchev–Trinajstić information content (AvgIpc) is 3.08. The van der Waals surface area contributed by atoms with Crippen molar-refractivity contribution in [1.29, 1.82) is 0 Å². The Morgan fingerprint density at radius 2 is 1.69 bits per heavy atom. The molecule has 2 heterocycles. The van der Waals surface area contributed by atoms with Crippen LogP contribution < -0.4 is 0 Å². The molecule has 0 atom stereocenters. The molecule has 1 aliphatic rings. The summed E-state index contributed by atoms with van der Waals surface area (Å²) in [5.41, 5.74) is 3.06. The molecule has 0 radical (unpaired) electrons. The van der Waals surface area contributed by atoms with Crippen LogP contribution in [0.25, 0.3) is 21.8 Å². The minimum Gasteiger partial charge on any atom is -0.339 e. The van der Waals surface area contributed by atoms with Gasteiger partial charge in [-0.15, -0.1) is 0 Å². The number of imidazole rings is 1. The maximum Gasteiger partial charge on any atom is 0.253 e. The van der Waals surface area contributed by atoms with Crippen molar-refractivity contribution in [1.82, 2.24) is 14.5 Å². The first-order chi connectivity index (χ1) is 14.2. The summed E-state index contributed by atoms with van der Waals surface area (Å²) in [5, 5.41) is 2.29. The predicted octanol–water partition coefficient (Wildman–Crippen LogP) is 5.05. The minimum absolute atomic E-state index is 0.151. The van der Waals surface area contributed by atoms with Gasteiger partial charge in [-0.2, -0.15) is 0 Å². The van der Waals surface area contributed by atoms with Crippen molar-refractivity contribution < 1.29 is 4.79 Å². The first kappa shape index (κ1) is 17.9. The fraction of sp³-hybridized carbons (Fsp3) is 0.280. The van der Waals surface area contributed by atoms with Gasteiger partial charge < -0.3 is 9.47 Å². The number of carbonyl (C=O) groups is 1. The summed E-state index contributed by atoms with van der Waals surface area (Å²) in [4.78, 5) is 19.7. The number of fused-ring (bicyclic) bond motifs is 2. The Morgan fingerprint density at radius 3 is 2.52 bits per heavy atom. The zero-order chi connectivity index (χ0) is 19.8. The van der Waals surface area contributed by atoms with Gasteiger partial charge in [0.15, 0.2) is 0 Å². The molecule has 0 unspecified atom stereocenters. The van der Waals surface area contributed by atoms with Gasteiger partial charge in [-0.25, -0.2) is 4.98 Å². The molecule has 0 aliphatic carbocycles. The van der Waals surface area contributed by atoms with E-state index < -0.39 is 0 Å². The van der Waals surface area contributed by atoms with Crippen LogP contribution >= 0.6 is 0 Å². The Kier molecular flexibility index (Phi) is 4.55. The maximum absolute atomic E-state index is 13.0. The molecule has 29 heavy (non-hydrogen) atoms. The summed E-state index contributed by atoms with van der Waals surface area (Å²) in [5.74, 6) is 1.80. The fourth-order valence-electron chi connectivity index (χ4n) is 4.51. The van der Waals surface area contributed by atoms with E-state index in [0.29, 0.717) is 5.92 Å². The van der Waals surface area contributed by atoms with E-state index in [-0.39, 0.29) is 5.91 Å². The third-order valence-corrected chi connectivity index (χ3v) is 6.18. The Morgan fingerprint density at radius 1 is 0.966 bits per heavy atom. The van der Waals surface area contributed by atoms with Gasteiger partial charge in [0.2, 0.25) is 0 Å². The third-order valence-electron chi connectivity index (χ3n) is 6.18. The van der Waals surface area contributed by atoms with E-state index in [1.807, 2.05) is 41.3 Å². The zero-order valence-electron chi connectivity index (χ0n) is 16.7. The van der Waals surface area contributed by atoms with Crippen LogP contribution in [0.4, 0.5) is 0 Å². The zero-order valence-corrected chi connectivity index (χ0v) is 16.7. The monoisotopic (exact) mass is 383 g/mol. The molecule has 1 aromatic heterocycles. The number of amides is 1. The number of para-hydroxylation sites is 2. The van der Waals surface area contributed by atoms with Crippen molar-refractivity contribution in [2.24, 2.45) is 5.92 Å². The second-order valence-corrected chi connectivity index (χ2v) is 8.06. The molecule has 5 rings (SSSR count). The van der Waals surface area contributed by atoms with Gasteiger partial charge in [0.1, 0.15) is 5.82 Å². The highest BCUT2D eigenvalue weighted by Gasteiger charge is 2.24. The van der Waals surface area contributed by atoms with Gasteiger partial charge in [-0.1, -0.05) is 42.5 Å². The molecular formula is C25H25N3O. The Balaban J connectivity index is 1.27. The number of nitrogens with zero attached hydrogens (tertiary/aromatic N) is 3. The van der Waals surface area contributed by atoms with Crippen molar-refractivity contribution in [3.05, 3.63) is 78.1 Å². The molecule has 4 aromatic rings. The number of hydrogen-bond donors (Lipinski definition) is 0. The van der Waals surface area contributed by atoms with Crippen LogP contribution in [0.3, 0.4) is 0 Å². The highest BCUT2D eigenvalue weighted by molar-refractivity contribution is 5.98. The number of aromatic nitrogens is 2. The second kappa shape index (κ2) is 7.36. The second-order valence-electron chi connectivity index (χ2n) is 8.06. The highest BCUT2D eigenvalue weighted by Crippen LogP contribution is 2.25. The van der Waals surface area contributed by atoms with E-state index in [2.05, 4.69) is 46.8 Å². The number of hydrogen-bond acceptors (Lipinski definition) is 2. The first-order valence-electron chi connectivity index (χ1n) is 10.4. The van der Waals surface area contributed by atoms with Crippen molar-refractivity contribution in [2.45, 2.75) is 26.3 Å². The average molecular weight is 383 g/mol. The van der Waals surface area contributed by atoms with Gasteiger partial charge in [0, 0.05) is 25.2 Å². The summed E-state index contributed by atoms with van der Waals surface area (Å²) < 4.78 is 2.33. The molecule has 1 fully saturated rings. The van der Waals surface area contributed by atoms with Gasteiger partial charge in [-0.3, -0.25) is 4.79 Å². The lowest BCUT2D eigenvalue weighted by Crippen LogP contribution is -2.39. The predicted molar refractivity (Wildman–Crippen MR) is 117 cm³/mol. The van der Waals surface area contributed by atoms with E-state index in [1.54, 1.807) is 0 Å². The third kappa shape index (κ3) is 3.39. The number of aryl methyl sites for hydroxylation is 1. The summed E-state index contributed by atoms with van der Waals surface area (Å²) >= 11 is 0.